The number of nitrogens with one attached hydrogen (secondary N) is 1. The first-order chi connectivity index (χ1) is 4.75. The first-order valence-electron chi connectivity index (χ1n) is 3.06. The third-order valence-electron chi connectivity index (χ3n) is 1.32. The van der Waals surface area contributed by atoms with E-state index in [4.69, 9.17) is 5.41 Å². The molecular weight excluding hydrogens is 144 g/mol. The maximum absolute atomic E-state index is 7.43. The van der Waals surface area contributed by atoms with Crippen LogP contribution in [0, 0.1) is 12.3 Å². The molecule has 0 atom stereocenters. The number of nitrogens with zero attached hydrogens (tertiary/aromatic N) is 1. The first kappa shape index (κ1) is 7.28. The standard InChI is InChI=1S/C7H10N2S/c1-3-4-9-6(2)5-10-7(9)8/h3,5,8H,1,4H2,2H3. The van der Waals surface area contributed by atoms with E-state index in [1.54, 1.807) is 6.08 Å². The molecule has 1 aromatic heterocycles. The minimum absolute atomic E-state index is 0.595. The molecule has 3 heteroatoms. The van der Waals surface area contributed by atoms with Crippen LogP contribution in [-0.2, 0) is 6.54 Å². The number of thiazole rings is 1. The number of hydrogen-bond acceptors (Lipinski definition) is 2. The van der Waals surface area contributed by atoms with Crippen LogP contribution in [0.15, 0.2) is 18.0 Å². The largest absolute Gasteiger partial charge is 0.318 e. The Balaban J connectivity index is 3.10. The van der Waals surface area contributed by atoms with E-state index in [9.17, 15) is 0 Å². The molecule has 0 aliphatic rings. The molecule has 0 saturated heterocycles. The Kier molecular flexibility index (Phi) is 2.06. The summed E-state index contributed by atoms with van der Waals surface area (Å²) in [5.74, 6) is 0. The van der Waals surface area contributed by atoms with Gasteiger partial charge in [-0.05, 0) is 6.92 Å². The number of rotatable bonds is 2. The van der Waals surface area contributed by atoms with Gasteiger partial charge in [0.1, 0.15) is 0 Å². The highest BCUT2D eigenvalue weighted by molar-refractivity contribution is 7.07. The molecule has 54 valence electrons. The lowest BCUT2D eigenvalue weighted by molar-refractivity contribution is 0.751. The SMILES string of the molecule is C=CCn1c(C)csc1=N. The van der Waals surface area contributed by atoms with Crippen LogP contribution in [0.25, 0.3) is 0 Å². The molecule has 10 heavy (non-hydrogen) atoms. The van der Waals surface area contributed by atoms with Gasteiger partial charge in [-0.15, -0.1) is 17.9 Å². The van der Waals surface area contributed by atoms with Crippen LogP contribution < -0.4 is 4.80 Å². The molecule has 1 N–H and O–H groups in total. The smallest absolute Gasteiger partial charge is 0.182 e. The summed E-state index contributed by atoms with van der Waals surface area (Å²) in [6, 6.07) is 0. The Hall–Kier alpha value is -0.830. The van der Waals surface area contributed by atoms with Gasteiger partial charge >= 0.3 is 0 Å². The highest BCUT2D eigenvalue weighted by atomic mass is 32.1. The number of hydrogen-bond donors (Lipinski definition) is 1. The molecule has 1 aromatic rings. The third-order valence-corrected chi connectivity index (χ3v) is 2.23. The number of aryl methyl sites for hydroxylation is 1. The number of aromatic nitrogens is 1. The molecule has 1 heterocycles. The van der Waals surface area contributed by atoms with Crippen molar-refractivity contribution in [3.63, 3.8) is 0 Å². The van der Waals surface area contributed by atoms with E-state index in [-0.39, 0.29) is 0 Å². The Labute approximate surface area is 64.0 Å². The molecule has 0 aromatic carbocycles. The first-order valence-corrected chi connectivity index (χ1v) is 3.94. The van der Waals surface area contributed by atoms with Crippen molar-refractivity contribution < 1.29 is 0 Å². The second-order valence-corrected chi connectivity index (χ2v) is 2.94. The van der Waals surface area contributed by atoms with Gasteiger partial charge < -0.3 is 4.57 Å². The van der Waals surface area contributed by atoms with E-state index in [2.05, 4.69) is 6.58 Å². The third kappa shape index (κ3) is 1.19. The van der Waals surface area contributed by atoms with Crippen LogP contribution in [0.2, 0.25) is 0 Å². The second kappa shape index (κ2) is 2.84. The van der Waals surface area contributed by atoms with Gasteiger partial charge in [0.2, 0.25) is 0 Å². The molecule has 1 rings (SSSR count). The van der Waals surface area contributed by atoms with Gasteiger partial charge in [0.25, 0.3) is 0 Å². The average molecular weight is 154 g/mol. The summed E-state index contributed by atoms with van der Waals surface area (Å²) >= 11 is 1.45. The van der Waals surface area contributed by atoms with E-state index in [0.717, 1.165) is 12.2 Å². The van der Waals surface area contributed by atoms with Crippen LogP contribution in [-0.4, -0.2) is 4.57 Å². The lowest BCUT2D eigenvalue weighted by atomic mass is 10.5. The van der Waals surface area contributed by atoms with Crippen molar-refractivity contribution in [1.82, 2.24) is 4.57 Å². The van der Waals surface area contributed by atoms with E-state index in [0.29, 0.717) is 4.80 Å². The van der Waals surface area contributed by atoms with Crippen LogP contribution in [0.4, 0.5) is 0 Å². The Morgan fingerprint density at radius 3 is 3.00 bits per heavy atom. The minimum Gasteiger partial charge on any atom is -0.318 e. The molecule has 0 fully saturated rings. The lowest BCUT2D eigenvalue weighted by Crippen LogP contribution is -2.13. The summed E-state index contributed by atoms with van der Waals surface area (Å²) < 4.78 is 1.91. The summed E-state index contributed by atoms with van der Waals surface area (Å²) in [5.41, 5.74) is 1.13. The van der Waals surface area contributed by atoms with Gasteiger partial charge in [0.15, 0.2) is 4.80 Å². The predicted octanol–water partition coefficient (Wildman–Crippen LogP) is 1.52. The van der Waals surface area contributed by atoms with E-state index in [1.807, 2.05) is 16.9 Å². The lowest BCUT2D eigenvalue weighted by Gasteiger charge is -1.97. The molecule has 0 radical (unpaired) electrons. The fraction of sp³-hybridized carbons (Fsp3) is 0.286. The zero-order valence-corrected chi connectivity index (χ0v) is 6.74. The van der Waals surface area contributed by atoms with Crippen LogP contribution in [0.1, 0.15) is 5.69 Å². The summed E-state index contributed by atoms with van der Waals surface area (Å²) in [6.45, 7) is 6.36. The Morgan fingerprint density at radius 2 is 2.60 bits per heavy atom. The molecule has 0 saturated carbocycles. The van der Waals surface area contributed by atoms with Crippen LogP contribution >= 0.6 is 11.3 Å². The summed E-state index contributed by atoms with van der Waals surface area (Å²) in [6.07, 6.45) is 1.80. The highest BCUT2D eigenvalue weighted by Gasteiger charge is 1.94. The zero-order valence-electron chi connectivity index (χ0n) is 5.92. The summed E-state index contributed by atoms with van der Waals surface area (Å²) in [7, 11) is 0. The van der Waals surface area contributed by atoms with Crippen LogP contribution in [0.3, 0.4) is 0 Å². The predicted molar refractivity (Wildman–Crippen MR) is 43.1 cm³/mol. The van der Waals surface area contributed by atoms with Crippen molar-refractivity contribution in [3.05, 3.63) is 28.5 Å². The van der Waals surface area contributed by atoms with Crippen LogP contribution in [0.5, 0.6) is 0 Å². The highest BCUT2D eigenvalue weighted by Crippen LogP contribution is 1.98. The Bertz CT molecular complexity index is 282. The molecule has 2 nitrogen and oxygen atoms in total. The molecular formula is C7H10N2S. The summed E-state index contributed by atoms with van der Waals surface area (Å²) in [5, 5.41) is 9.41. The fourth-order valence-corrected chi connectivity index (χ4v) is 1.54. The van der Waals surface area contributed by atoms with Crippen molar-refractivity contribution >= 4 is 11.3 Å². The van der Waals surface area contributed by atoms with Crippen molar-refractivity contribution in [2.24, 2.45) is 0 Å². The zero-order chi connectivity index (χ0) is 7.56. The Morgan fingerprint density at radius 1 is 1.90 bits per heavy atom. The van der Waals surface area contributed by atoms with Crippen molar-refractivity contribution in [2.75, 3.05) is 0 Å². The van der Waals surface area contributed by atoms with Gasteiger partial charge in [0, 0.05) is 17.6 Å². The monoisotopic (exact) mass is 154 g/mol. The van der Waals surface area contributed by atoms with Gasteiger partial charge in [-0.1, -0.05) is 6.08 Å². The van der Waals surface area contributed by atoms with Crippen molar-refractivity contribution in [3.8, 4) is 0 Å². The fourth-order valence-electron chi connectivity index (χ4n) is 0.785. The normalized spacial score (nSPS) is 9.70. The maximum atomic E-state index is 7.43. The molecule has 0 spiro atoms. The van der Waals surface area contributed by atoms with E-state index in [1.165, 1.54) is 11.3 Å². The molecule has 0 aliphatic carbocycles. The molecule has 0 unspecified atom stereocenters. The van der Waals surface area contributed by atoms with Gasteiger partial charge in [-0.25, -0.2) is 0 Å². The molecule has 0 aliphatic heterocycles. The van der Waals surface area contributed by atoms with Gasteiger partial charge in [-0.2, -0.15) is 0 Å². The van der Waals surface area contributed by atoms with Crippen molar-refractivity contribution in [2.45, 2.75) is 13.5 Å². The maximum Gasteiger partial charge on any atom is 0.182 e. The summed E-state index contributed by atoms with van der Waals surface area (Å²) in [4.78, 5) is 0.595. The topological polar surface area (TPSA) is 28.8 Å². The average Bonchev–Trinajstić information content (AvgIpc) is 2.20. The van der Waals surface area contributed by atoms with E-state index < -0.39 is 0 Å². The van der Waals surface area contributed by atoms with Gasteiger partial charge in [0.05, 0.1) is 0 Å². The number of allylic oxidation sites excluding steroid dienone is 1. The van der Waals surface area contributed by atoms with E-state index >= 15 is 0 Å². The second-order valence-electron chi connectivity index (χ2n) is 2.08. The molecule has 0 bridgehead atoms. The minimum atomic E-state index is 0.595. The molecule has 0 amide bonds. The van der Waals surface area contributed by atoms with Crippen molar-refractivity contribution in [1.29, 1.82) is 5.41 Å². The van der Waals surface area contributed by atoms with Gasteiger partial charge in [-0.3, -0.25) is 5.41 Å². The quantitative estimate of drug-likeness (QED) is 0.626.